The predicted molar refractivity (Wildman–Crippen MR) is 115 cm³/mol. The molecular formula is C25H23N3O. The summed E-state index contributed by atoms with van der Waals surface area (Å²) in [7, 11) is 0. The van der Waals surface area contributed by atoms with E-state index in [9.17, 15) is 4.79 Å². The number of aromatic amines is 1. The summed E-state index contributed by atoms with van der Waals surface area (Å²) >= 11 is 0. The Hall–Kier alpha value is -3.40. The second kappa shape index (κ2) is 7.55. The van der Waals surface area contributed by atoms with Crippen molar-refractivity contribution in [3.8, 4) is 0 Å². The number of aromatic nitrogens is 2. The lowest BCUT2D eigenvalue weighted by atomic mass is 9.90. The summed E-state index contributed by atoms with van der Waals surface area (Å²) in [6.07, 6.45) is 1.92. The Bertz CT molecular complexity index is 1050. The van der Waals surface area contributed by atoms with Gasteiger partial charge in [0.25, 0.3) is 0 Å². The molecule has 0 saturated carbocycles. The minimum absolute atomic E-state index is 0.00942. The zero-order chi connectivity index (χ0) is 19.6. The topological polar surface area (TPSA) is 49.0 Å². The zero-order valence-electron chi connectivity index (χ0n) is 16.2. The number of likely N-dealkylation sites (tertiary alicyclic amines) is 1. The molecule has 3 aromatic carbocycles. The number of amides is 1. The molecule has 1 atom stereocenters. The highest BCUT2D eigenvalue weighted by Gasteiger charge is 2.36. The third-order valence-corrected chi connectivity index (χ3v) is 5.77. The lowest BCUT2D eigenvalue weighted by molar-refractivity contribution is -0.133. The van der Waals surface area contributed by atoms with E-state index in [0.717, 1.165) is 47.4 Å². The average Bonchev–Trinajstić information content (AvgIpc) is 3.42. The van der Waals surface area contributed by atoms with Gasteiger partial charge in [-0.05, 0) is 36.1 Å². The molecule has 5 rings (SSSR count). The first kappa shape index (κ1) is 17.7. The molecule has 4 aromatic rings. The van der Waals surface area contributed by atoms with Crippen LogP contribution >= 0.6 is 0 Å². The molecule has 2 heterocycles. The summed E-state index contributed by atoms with van der Waals surface area (Å²) in [6.45, 7) is 0.761. The quantitative estimate of drug-likeness (QED) is 0.537. The Morgan fingerprint density at radius 3 is 2.17 bits per heavy atom. The van der Waals surface area contributed by atoms with Crippen LogP contribution in [-0.2, 0) is 4.79 Å². The van der Waals surface area contributed by atoms with Crippen molar-refractivity contribution in [1.29, 1.82) is 0 Å². The molecular weight excluding hydrogens is 358 g/mol. The van der Waals surface area contributed by atoms with Crippen LogP contribution in [-0.4, -0.2) is 27.3 Å². The SMILES string of the molecule is O=C(C(c1ccccc1)c1ccccc1)N1CCC[C@H]1c1nc2ccccc2[nH]1. The fourth-order valence-corrected chi connectivity index (χ4v) is 4.38. The van der Waals surface area contributed by atoms with E-state index in [1.54, 1.807) is 0 Å². The molecule has 4 nitrogen and oxygen atoms in total. The number of benzene rings is 3. The molecule has 0 spiro atoms. The van der Waals surface area contributed by atoms with E-state index in [2.05, 4.69) is 4.98 Å². The summed E-state index contributed by atoms with van der Waals surface area (Å²) in [5, 5.41) is 0. The van der Waals surface area contributed by atoms with Crippen LogP contribution in [0.2, 0.25) is 0 Å². The van der Waals surface area contributed by atoms with Crippen molar-refractivity contribution in [1.82, 2.24) is 14.9 Å². The van der Waals surface area contributed by atoms with Crippen molar-refractivity contribution in [3.05, 3.63) is 102 Å². The van der Waals surface area contributed by atoms with Crippen molar-refractivity contribution in [2.45, 2.75) is 24.8 Å². The highest BCUT2D eigenvalue weighted by Crippen LogP contribution is 2.36. The number of fused-ring (bicyclic) bond motifs is 1. The van der Waals surface area contributed by atoms with Crippen LogP contribution in [0.15, 0.2) is 84.9 Å². The van der Waals surface area contributed by atoms with E-state index < -0.39 is 0 Å². The summed E-state index contributed by atoms with van der Waals surface area (Å²) < 4.78 is 0. The van der Waals surface area contributed by atoms with Crippen molar-refractivity contribution >= 4 is 16.9 Å². The number of carbonyl (C=O) groups excluding carboxylic acids is 1. The van der Waals surface area contributed by atoms with E-state index in [1.165, 1.54) is 0 Å². The van der Waals surface area contributed by atoms with E-state index in [0.29, 0.717) is 0 Å². The Balaban J connectivity index is 1.52. The highest BCUT2D eigenvalue weighted by atomic mass is 16.2. The second-order valence-electron chi connectivity index (χ2n) is 7.58. The van der Waals surface area contributed by atoms with E-state index in [-0.39, 0.29) is 17.9 Å². The molecule has 0 bridgehead atoms. The summed E-state index contributed by atoms with van der Waals surface area (Å²) in [5.74, 6) is 0.727. The largest absolute Gasteiger partial charge is 0.340 e. The van der Waals surface area contributed by atoms with Crippen molar-refractivity contribution in [2.75, 3.05) is 6.54 Å². The molecule has 1 aromatic heterocycles. The average molecular weight is 381 g/mol. The molecule has 4 heteroatoms. The van der Waals surface area contributed by atoms with E-state index in [1.807, 2.05) is 89.8 Å². The molecule has 1 amide bonds. The maximum absolute atomic E-state index is 13.8. The zero-order valence-corrected chi connectivity index (χ0v) is 16.2. The third-order valence-electron chi connectivity index (χ3n) is 5.77. The molecule has 0 radical (unpaired) electrons. The number of rotatable bonds is 4. The highest BCUT2D eigenvalue weighted by molar-refractivity contribution is 5.88. The van der Waals surface area contributed by atoms with Crippen LogP contribution < -0.4 is 0 Å². The van der Waals surface area contributed by atoms with Crippen molar-refractivity contribution in [2.24, 2.45) is 0 Å². The molecule has 144 valence electrons. The number of H-pyrrole nitrogens is 1. The molecule has 1 fully saturated rings. The Kier molecular flexibility index (Phi) is 4.60. The van der Waals surface area contributed by atoms with Gasteiger partial charge in [0.05, 0.1) is 23.0 Å². The third kappa shape index (κ3) is 3.31. The van der Waals surface area contributed by atoms with Gasteiger partial charge in [-0.1, -0.05) is 72.8 Å². The first-order chi connectivity index (χ1) is 14.3. The maximum Gasteiger partial charge on any atom is 0.235 e. The van der Waals surface area contributed by atoms with Gasteiger partial charge in [0.15, 0.2) is 0 Å². The minimum atomic E-state index is -0.303. The Labute approximate surface area is 170 Å². The lowest BCUT2D eigenvalue weighted by Gasteiger charge is -2.28. The van der Waals surface area contributed by atoms with Gasteiger partial charge in [-0.2, -0.15) is 0 Å². The fraction of sp³-hybridized carbons (Fsp3) is 0.200. The lowest BCUT2D eigenvalue weighted by Crippen LogP contribution is -2.35. The van der Waals surface area contributed by atoms with Gasteiger partial charge in [0.1, 0.15) is 5.82 Å². The van der Waals surface area contributed by atoms with Crippen LogP contribution in [0.1, 0.15) is 41.8 Å². The van der Waals surface area contributed by atoms with Crippen molar-refractivity contribution in [3.63, 3.8) is 0 Å². The smallest absolute Gasteiger partial charge is 0.235 e. The summed E-state index contributed by atoms with van der Waals surface area (Å²) in [4.78, 5) is 24.1. The standard InChI is InChI=1S/C25H23N3O/c29-25(23(18-10-3-1-4-11-18)19-12-5-2-6-13-19)28-17-9-16-22(28)24-26-20-14-7-8-15-21(20)27-24/h1-8,10-15,22-23H,9,16-17H2,(H,26,27)/t22-/m0/s1. The number of para-hydroxylation sites is 2. The first-order valence-electron chi connectivity index (χ1n) is 10.2. The number of carbonyl (C=O) groups is 1. The van der Waals surface area contributed by atoms with Crippen molar-refractivity contribution < 1.29 is 4.79 Å². The Morgan fingerprint density at radius 2 is 1.52 bits per heavy atom. The number of nitrogens with zero attached hydrogens (tertiary/aromatic N) is 2. The van der Waals surface area contributed by atoms with Gasteiger partial charge in [-0.25, -0.2) is 4.98 Å². The van der Waals surface area contributed by atoms with Crippen LogP contribution in [0.5, 0.6) is 0 Å². The molecule has 1 aliphatic rings. The fourth-order valence-electron chi connectivity index (χ4n) is 4.38. The number of hydrogen-bond acceptors (Lipinski definition) is 2. The first-order valence-corrected chi connectivity index (χ1v) is 10.2. The van der Waals surface area contributed by atoms with E-state index >= 15 is 0 Å². The molecule has 0 unspecified atom stereocenters. The molecule has 29 heavy (non-hydrogen) atoms. The predicted octanol–water partition coefficient (Wildman–Crippen LogP) is 5.06. The molecule has 1 aliphatic heterocycles. The van der Waals surface area contributed by atoms with Crippen LogP contribution in [0.4, 0.5) is 0 Å². The Morgan fingerprint density at radius 1 is 0.897 bits per heavy atom. The summed E-state index contributed by atoms with van der Waals surface area (Å²) in [6, 6.07) is 28.2. The van der Waals surface area contributed by atoms with Gasteiger partial charge in [-0.3, -0.25) is 4.79 Å². The molecule has 1 saturated heterocycles. The monoisotopic (exact) mass is 381 g/mol. The minimum Gasteiger partial charge on any atom is -0.340 e. The molecule has 0 aliphatic carbocycles. The van der Waals surface area contributed by atoms with Gasteiger partial charge in [-0.15, -0.1) is 0 Å². The number of imidazole rings is 1. The van der Waals surface area contributed by atoms with E-state index in [4.69, 9.17) is 4.98 Å². The van der Waals surface area contributed by atoms with Gasteiger partial charge in [0, 0.05) is 6.54 Å². The van der Waals surface area contributed by atoms with Gasteiger partial charge < -0.3 is 9.88 Å². The maximum atomic E-state index is 13.8. The van der Waals surface area contributed by atoms with Gasteiger partial charge >= 0.3 is 0 Å². The normalized spacial score (nSPS) is 16.6. The molecule has 1 N–H and O–H groups in total. The second-order valence-corrected chi connectivity index (χ2v) is 7.58. The summed E-state index contributed by atoms with van der Waals surface area (Å²) in [5.41, 5.74) is 4.02. The number of hydrogen-bond donors (Lipinski definition) is 1. The number of nitrogens with one attached hydrogen (secondary N) is 1. The van der Waals surface area contributed by atoms with Crippen LogP contribution in [0.3, 0.4) is 0 Å². The van der Waals surface area contributed by atoms with Crippen LogP contribution in [0.25, 0.3) is 11.0 Å². The van der Waals surface area contributed by atoms with Gasteiger partial charge in [0.2, 0.25) is 5.91 Å². The van der Waals surface area contributed by atoms with Crippen LogP contribution in [0, 0.1) is 0 Å².